The smallest absolute Gasteiger partial charge is 0.253 e. The summed E-state index contributed by atoms with van der Waals surface area (Å²) in [5.74, 6) is -0.0459. The maximum absolute atomic E-state index is 12.7. The largest absolute Gasteiger partial charge is 0.379 e. The number of hydrogen-bond acceptors (Lipinski definition) is 5. The van der Waals surface area contributed by atoms with Crippen LogP contribution in [0.4, 0.5) is 0 Å². The lowest BCUT2D eigenvalue weighted by atomic mass is 10.1. The lowest BCUT2D eigenvalue weighted by Crippen LogP contribution is -2.38. The topological polar surface area (TPSA) is 62.6 Å². The summed E-state index contributed by atoms with van der Waals surface area (Å²) in [6.07, 6.45) is 4.68. The SMILES string of the molecule is CN(C)Cc1cn(-c2ccccc2C(=O)NCCCN2CCOCC2)cn1. The van der Waals surface area contributed by atoms with Gasteiger partial charge in [0.2, 0.25) is 0 Å². The fourth-order valence-electron chi connectivity index (χ4n) is 3.22. The number of amides is 1. The standard InChI is InChI=1S/C20H29N5O2/c1-23(2)14-17-15-25(16-22-17)19-7-4-3-6-18(19)20(26)21-8-5-9-24-10-12-27-13-11-24/h3-4,6-7,15-16H,5,8-14H2,1-2H3,(H,21,26). The summed E-state index contributed by atoms with van der Waals surface area (Å²) in [5.41, 5.74) is 2.49. The third-order valence-corrected chi connectivity index (χ3v) is 4.58. The lowest BCUT2D eigenvalue weighted by molar-refractivity contribution is 0.0374. The predicted octanol–water partition coefficient (Wildman–Crippen LogP) is 1.39. The van der Waals surface area contributed by atoms with Crippen molar-refractivity contribution in [2.24, 2.45) is 0 Å². The Bertz CT molecular complexity index is 737. The zero-order valence-corrected chi connectivity index (χ0v) is 16.2. The number of rotatable bonds is 8. The van der Waals surface area contributed by atoms with Gasteiger partial charge in [-0.3, -0.25) is 9.69 Å². The van der Waals surface area contributed by atoms with E-state index in [1.807, 2.05) is 49.1 Å². The molecule has 1 amide bonds. The average Bonchev–Trinajstić information content (AvgIpc) is 3.13. The second kappa shape index (κ2) is 9.64. The van der Waals surface area contributed by atoms with E-state index in [4.69, 9.17) is 4.74 Å². The van der Waals surface area contributed by atoms with Crippen LogP contribution in [0.25, 0.3) is 5.69 Å². The van der Waals surface area contributed by atoms with Gasteiger partial charge < -0.3 is 19.5 Å². The summed E-state index contributed by atoms with van der Waals surface area (Å²) >= 11 is 0. The van der Waals surface area contributed by atoms with E-state index >= 15 is 0 Å². The molecule has 0 atom stereocenters. The second-order valence-corrected chi connectivity index (χ2v) is 7.09. The Morgan fingerprint density at radius 3 is 2.81 bits per heavy atom. The first kappa shape index (κ1) is 19.5. The lowest BCUT2D eigenvalue weighted by Gasteiger charge is -2.26. The molecule has 1 aromatic heterocycles. The highest BCUT2D eigenvalue weighted by molar-refractivity contribution is 5.97. The molecule has 1 aromatic carbocycles. The summed E-state index contributed by atoms with van der Waals surface area (Å²) < 4.78 is 7.28. The minimum atomic E-state index is -0.0459. The molecule has 2 heterocycles. The van der Waals surface area contributed by atoms with Gasteiger partial charge >= 0.3 is 0 Å². The number of carbonyl (C=O) groups is 1. The molecule has 1 aliphatic rings. The van der Waals surface area contributed by atoms with Gasteiger partial charge in [-0.05, 0) is 39.2 Å². The highest BCUT2D eigenvalue weighted by atomic mass is 16.5. The van der Waals surface area contributed by atoms with Gasteiger partial charge in [0.1, 0.15) is 0 Å². The minimum Gasteiger partial charge on any atom is -0.379 e. The van der Waals surface area contributed by atoms with E-state index in [2.05, 4.69) is 20.1 Å². The number of carbonyl (C=O) groups excluding carboxylic acids is 1. The van der Waals surface area contributed by atoms with Gasteiger partial charge in [0.25, 0.3) is 5.91 Å². The maximum Gasteiger partial charge on any atom is 0.253 e. The number of benzene rings is 1. The van der Waals surface area contributed by atoms with Crippen LogP contribution >= 0.6 is 0 Å². The van der Waals surface area contributed by atoms with Crippen LogP contribution in [0.5, 0.6) is 0 Å². The van der Waals surface area contributed by atoms with E-state index in [9.17, 15) is 4.79 Å². The van der Waals surface area contributed by atoms with E-state index in [1.165, 1.54) is 0 Å². The number of hydrogen-bond donors (Lipinski definition) is 1. The molecule has 1 aliphatic heterocycles. The van der Waals surface area contributed by atoms with Crippen molar-refractivity contribution in [3.05, 3.63) is 48.0 Å². The van der Waals surface area contributed by atoms with Gasteiger partial charge in [0.15, 0.2) is 0 Å². The molecule has 0 spiro atoms. The van der Waals surface area contributed by atoms with Crippen molar-refractivity contribution in [2.45, 2.75) is 13.0 Å². The van der Waals surface area contributed by atoms with E-state index in [1.54, 1.807) is 6.33 Å². The molecule has 7 nitrogen and oxygen atoms in total. The Kier molecular flexibility index (Phi) is 6.98. The Morgan fingerprint density at radius 1 is 1.26 bits per heavy atom. The monoisotopic (exact) mass is 371 g/mol. The van der Waals surface area contributed by atoms with Crippen LogP contribution in [-0.4, -0.2) is 78.7 Å². The Morgan fingerprint density at radius 2 is 2.04 bits per heavy atom. The highest BCUT2D eigenvalue weighted by Gasteiger charge is 2.14. The number of para-hydroxylation sites is 1. The molecule has 27 heavy (non-hydrogen) atoms. The molecule has 2 aromatic rings. The molecule has 3 rings (SSSR count). The molecule has 1 N–H and O–H groups in total. The molecule has 0 aliphatic carbocycles. The number of nitrogens with one attached hydrogen (secondary N) is 1. The Hall–Kier alpha value is -2.22. The number of imidazole rings is 1. The Labute approximate surface area is 160 Å². The highest BCUT2D eigenvalue weighted by Crippen LogP contribution is 2.15. The minimum absolute atomic E-state index is 0.0459. The average molecular weight is 371 g/mol. The van der Waals surface area contributed by atoms with Crippen molar-refractivity contribution >= 4 is 5.91 Å². The zero-order valence-electron chi connectivity index (χ0n) is 16.2. The summed E-state index contributed by atoms with van der Waals surface area (Å²) in [5, 5.41) is 3.05. The van der Waals surface area contributed by atoms with Crippen LogP contribution in [0.1, 0.15) is 22.5 Å². The predicted molar refractivity (Wildman–Crippen MR) is 105 cm³/mol. The van der Waals surface area contributed by atoms with Gasteiger partial charge in [0, 0.05) is 32.4 Å². The molecule has 1 fully saturated rings. The quantitative estimate of drug-likeness (QED) is 0.711. The second-order valence-electron chi connectivity index (χ2n) is 7.09. The third kappa shape index (κ3) is 5.63. The van der Waals surface area contributed by atoms with Crippen molar-refractivity contribution in [3.63, 3.8) is 0 Å². The maximum atomic E-state index is 12.7. The first-order chi connectivity index (χ1) is 13.1. The Balaban J connectivity index is 1.57. The zero-order chi connectivity index (χ0) is 19.1. The molecule has 7 heteroatoms. The first-order valence-corrected chi connectivity index (χ1v) is 9.49. The fraction of sp³-hybridized carbons (Fsp3) is 0.500. The van der Waals surface area contributed by atoms with E-state index in [-0.39, 0.29) is 5.91 Å². The van der Waals surface area contributed by atoms with Gasteiger partial charge in [-0.2, -0.15) is 0 Å². The molecule has 0 radical (unpaired) electrons. The van der Waals surface area contributed by atoms with E-state index in [0.29, 0.717) is 12.1 Å². The van der Waals surface area contributed by atoms with Crippen molar-refractivity contribution in [1.82, 2.24) is 24.7 Å². The summed E-state index contributed by atoms with van der Waals surface area (Å²) in [6, 6.07) is 7.64. The molecule has 1 saturated heterocycles. The summed E-state index contributed by atoms with van der Waals surface area (Å²) in [6.45, 7) is 5.99. The van der Waals surface area contributed by atoms with Crippen molar-refractivity contribution in [1.29, 1.82) is 0 Å². The molecule has 0 saturated carbocycles. The van der Waals surface area contributed by atoms with Gasteiger partial charge in [-0.25, -0.2) is 4.98 Å². The van der Waals surface area contributed by atoms with Crippen LogP contribution in [0.2, 0.25) is 0 Å². The number of aromatic nitrogens is 2. The van der Waals surface area contributed by atoms with Crippen LogP contribution in [-0.2, 0) is 11.3 Å². The van der Waals surface area contributed by atoms with Crippen LogP contribution in [0, 0.1) is 0 Å². The van der Waals surface area contributed by atoms with Crippen LogP contribution in [0.15, 0.2) is 36.8 Å². The molecular formula is C20H29N5O2. The number of morpholine rings is 1. The summed E-state index contributed by atoms with van der Waals surface area (Å²) in [4.78, 5) is 21.6. The van der Waals surface area contributed by atoms with Crippen molar-refractivity contribution < 1.29 is 9.53 Å². The molecule has 0 bridgehead atoms. The third-order valence-electron chi connectivity index (χ3n) is 4.58. The fourth-order valence-corrected chi connectivity index (χ4v) is 3.22. The van der Waals surface area contributed by atoms with Crippen molar-refractivity contribution in [2.75, 3.05) is 53.5 Å². The van der Waals surface area contributed by atoms with Crippen molar-refractivity contribution in [3.8, 4) is 5.69 Å². The molecular weight excluding hydrogens is 342 g/mol. The molecule has 146 valence electrons. The van der Waals surface area contributed by atoms with Crippen LogP contribution in [0.3, 0.4) is 0 Å². The van der Waals surface area contributed by atoms with Gasteiger partial charge in [-0.1, -0.05) is 12.1 Å². The first-order valence-electron chi connectivity index (χ1n) is 9.49. The van der Waals surface area contributed by atoms with E-state index in [0.717, 1.165) is 57.2 Å². The van der Waals surface area contributed by atoms with Gasteiger partial charge in [0.05, 0.1) is 36.5 Å². The normalized spacial score (nSPS) is 15.2. The van der Waals surface area contributed by atoms with E-state index < -0.39 is 0 Å². The number of nitrogens with zero attached hydrogens (tertiary/aromatic N) is 4. The number of ether oxygens (including phenoxy) is 1. The molecule has 0 unspecified atom stereocenters. The van der Waals surface area contributed by atoms with Crippen LogP contribution < -0.4 is 5.32 Å². The van der Waals surface area contributed by atoms with Gasteiger partial charge in [-0.15, -0.1) is 0 Å². The summed E-state index contributed by atoms with van der Waals surface area (Å²) in [7, 11) is 4.02.